The standard InChI is InChI=1S/C33H39Cl2N3O3/c1-21-17-29(34)32(30(35)18-21)41-16-15-40-27-11-7-25(8-12-27)37-31-13-14-36-19-28(31)33(39)38(26-9-10-26)20-24-6-4-5-22(2)23(24)3/h4-8,11-12,17-18,26,28,31,36-37H,9-10,13-16,19-20H2,1-3H3/t28?,31-/m0/s1. The number of nitrogens with zero attached hydrogens (tertiary/aromatic N) is 1. The topological polar surface area (TPSA) is 62.8 Å². The lowest BCUT2D eigenvalue weighted by Crippen LogP contribution is -2.52. The van der Waals surface area contributed by atoms with Crippen molar-refractivity contribution in [3.8, 4) is 11.5 Å². The van der Waals surface area contributed by atoms with Crippen molar-refractivity contribution >= 4 is 34.8 Å². The van der Waals surface area contributed by atoms with E-state index >= 15 is 0 Å². The third-order valence-electron chi connectivity index (χ3n) is 8.07. The van der Waals surface area contributed by atoms with Gasteiger partial charge >= 0.3 is 0 Å². The minimum atomic E-state index is -0.122. The van der Waals surface area contributed by atoms with Crippen LogP contribution in [0.15, 0.2) is 54.6 Å². The summed E-state index contributed by atoms with van der Waals surface area (Å²) in [6.45, 7) is 9.15. The summed E-state index contributed by atoms with van der Waals surface area (Å²) in [5.41, 5.74) is 5.74. The van der Waals surface area contributed by atoms with Crippen LogP contribution in [0.2, 0.25) is 10.0 Å². The summed E-state index contributed by atoms with van der Waals surface area (Å²) >= 11 is 12.5. The predicted molar refractivity (Wildman–Crippen MR) is 167 cm³/mol. The van der Waals surface area contributed by atoms with Crippen molar-refractivity contribution in [2.45, 2.75) is 58.7 Å². The number of halogens is 2. The molecule has 1 heterocycles. The van der Waals surface area contributed by atoms with Crippen LogP contribution in [0.1, 0.15) is 41.5 Å². The molecule has 5 rings (SSSR count). The van der Waals surface area contributed by atoms with Crippen LogP contribution in [0.4, 0.5) is 5.69 Å². The Kier molecular flexibility index (Phi) is 9.64. The molecule has 2 fully saturated rings. The maximum absolute atomic E-state index is 13.9. The van der Waals surface area contributed by atoms with Crippen LogP contribution in [-0.4, -0.2) is 49.2 Å². The maximum atomic E-state index is 13.9. The number of benzene rings is 3. The third kappa shape index (κ3) is 7.48. The number of nitrogens with one attached hydrogen (secondary N) is 2. The Morgan fingerprint density at radius 2 is 1.68 bits per heavy atom. The molecule has 2 N–H and O–H groups in total. The Morgan fingerprint density at radius 1 is 0.976 bits per heavy atom. The van der Waals surface area contributed by atoms with Gasteiger partial charge in [-0.3, -0.25) is 4.79 Å². The summed E-state index contributed by atoms with van der Waals surface area (Å²) in [4.78, 5) is 16.1. The fourth-order valence-corrected chi connectivity index (χ4v) is 6.14. The first kappa shape index (κ1) is 29.6. The van der Waals surface area contributed by atoms with Gasteiger partial charge in [0, 0.05) is 30.9 Å². The molecule has 3 aromatic carbocycles. The highest BCUT2D eigenvalue weighted by Crippen LogP contribution is 2.34. The molecule has 0 spiro atoms. The van der Waals surface area contributed by atoms with Gasteiger partial charge in [-0.05, 0) is 105 Å². The van der Waals surface area contributed by atoms with E-state index in [1.54, 1.807) is 0 Å². The fraction of sp³-hybridized carbons (Fsp3) is 0.424. The molecule has 1 saturated heterocycles. The van der Waals surface area contributed by atoms with E-state index in [0.717, 1.165) is 42.8 Å². The van der Waals surface area contributed by atoms with E-state index in [4.69, 9.17) is 32.7 Å². The number of aryl methyl sites for hydroxylation is 2. The number of piperidine rings is 1. The molecule has 2 aliphatic rings. The first-order valence-electron chi connectivity index (χ1n) is 14.4. The van der Waals surface area contributed by atoms with Crippen LogP contribution in [0.3, 0.4) is 0 Å². The van der Waals surface area contributed by atoms with Gasteiger partial charge in [0.15, 0.2) is 5.75 Å². The van der Waals surface area contributed by atoms with Gasteiger partial charge in [-0.25, -0.2) is 0 Å². The molecular formula is C33H39Cl2N3O3. The lowest BCUT2D eigenvalue weighted by atomic mass is 9.91. The molecular weight excluding hydrogens is 557 g/mol. The quantitative estimate of drug-likeness (QED) is 0.235. The second kappa shape index (κ2) is 13.4. The van der Waals surface area contributed by atoms with Gasteiger partial charge < -0.3 is 25.0 Å². The summed E-state index contributed by atoms with van der Waals surface area (Å²) in [5, 5.41) is 8.08. The summed E-state index contributed by atoms with van der Waals surface area (Å²) in [5.74, 6) is 1.34. The smallest absolute Gasteiger partial charge is 0.229 e. The average molecular weight is 597 g/mol. The Morgan fingerprint density at radius 3 is 2.39 bits per heavy atom. The Bertz CT molecular complexity index is 1340. The molecule has 8 heteroatoms. The van der Waals surface area contributed by atoms with Gasteiger partial charge in [-0.2, -0.15) is 0 Å². The Labute approximate surface area is 253 Å². The van der Waals surface area contributed by atoms with Crippen LogP contribution in [-0.2, 0) is 11.3 Å². The van der Waals surface area contributed by atoms with Crippen LogP contribution in [0.25, 0.3) is 0 Å². The molecule has 1 amide bonds. The number of carbonyl (C=O) groups excluding carboxylic acids is 1. The van der Waals surface area contributed by atoms with E-state index in [1.165, 1.54) is 16.7 Å². The van der Waals surface area contributed by atoms with Crippen LogP contribution in [0.5, 0.6) is 11.5 Å². The van der Waals surface area contributed by atoms with Crippen LogP contribution < -0.4 is 20.1 Å². The van der Waals surface area contributed by atoms with Gasteiger partial charge in [0.1, 0.15) is 19.0 Å². The number of hydrogen-bond donors (Lipinski definition) is 2. The molecule has 0 radical (unpaired) electrons. The van der Waals surface area contributed by atoms with E-state index in [1.807, 2.05) is 43.3 Å². The first-order valence-corrected chi connectivity index (χ1v) is 15.2. The highest BCUT2D eigenvalue weighted by molar-refractivity contribution is 6.37. The molecule has 2 atom stereocenters. The molecule has 1 saturated carbocycles. The monoisotopic (exact) mass is 595 g/mol. The molecule has 41 heavy (non-hydrogen) atoms. The molecule has 3 aromatic rings. The highest BCUT2D eigenvalue weighted by Gasteiger charge is 2.39. The zero-order valence-corrected chi connectivity index (χ0v) is 25.5. The first-order chi connectivity index (χ1) is 19.8. The molecule has 1 aliphatic heterocycles. The van der Waals surface area contributed by atoms with E-state index in [2.05, 4.69) is 47.6 Å². The molecule has 0 bridgehead atoms. The largest absolute Gasteiger partial charge is 0.490 e. The van der Waals surface area contributed by atoms with E-state index in [9.17, 15) is 4.79 Å². The number of carbonyl (C=O) groups is 1. The summed E-state index contributed by atoms with van der Waals surface area (Å²) < 4.78 is 11.6. The number of hydrogen-bond acceptors (Lipinski definition) is 5. The lowest BCUT2D eigenvalue weighted by Gasteiger charge is -2.36. The maximum Gasteiger partial charge on any atom is 0.229 e. The van der Waals surface area contributed by atoms with Crippen molar-refractivity contribution in [1.29, 1.82) is 0 Å². The van der Waals surface area contributed by atoms with Gasteiger partial charge in [0.2, 0.25) is 5.91 Å². The number of ether oxygens (including phenoxy) is 2. The number of amides is 1. The van der Waals surface area contributed by atoms with E-state index in [0.29, 0.717) is 48.1 Å². The van der Waals surface area contributed by atoms with Gasteiger partial charge in [-0.1, -0.05) is 41.4 Å². The second-order valence-electron chi connectivity index (χ2n) is 11.2. The zero-order chi connectivity index (χ0) is 28.9. The highest BCUT2D eigenvalue weighted by atomic mass is 35.5. The van der Waals surface area contributed by atoms with Crippen molar-refractivity contribution < 1.29 is 14.3 Å². The molecule has 1 aliphatic carbocycles. The van der Waals surface area contributed by atoms with Crippen molar-refractivity contribution in [2.24, 2.45) is 5.92 Å². The minimum absolute atomic E-state index is 0.0628. The summed E-state index contributed by atoms with van der Waals surface area (Å²) in [6, 6.07) is 18.3. The van der Waals surface area contributed by atoms with E-state index < -0.39 is 0 Å². The molecule has 1 unspecified atom stereocenters. The van der Waals surface area contributed by atoms with Gasteiger partial charge in [0.25, 0.3) is 0 Å². The Balaban J connectivity index is 1.17. The summed E-state index contributed by atoms with van der Waals surface area (Å²) in [7, 11) is 0. The van der Waals surface area contributed by atoms with Crippen LogP contribution in [0, 0.1) is 26.7 Å². The Hall–Kier alpha value is -2.93. The molecule has 218 valence electrons. The second-order valence-corrected chi connectivity index (χ2v) is 12.0. The third-order valence-corrected chi connectivity index (χ3v) is 8.64. The predicted octanol–water partition coefficient (Wildman–Crippen LogP) is 6.96. The molecule has 6 nitrogen and oxygen atoms in total. The van der Waals surface area contributed by atoms with Gasteiger partial charge in [0.05, 0.1) is 16.0 Å². The number of rotatable bonds is 11. The van der Waals surface area contributed by atoms with Crippen molar-refractivity contribution in [1.82, 2.24) is 10.2 Å². The van der Waals surface area contributed by atoms with Gasteiger partial charge in [-0.15, -0.1) is 0 Å². The van der Waals surface area contributed by atoms with Crippen molar-refractivity contribution in [2.75, 3.05) is 31.6 Å². The number of anilines is 1. The summed E-state index contributed by atoms with van der Waals surface area (Å²) in [6.07, 6.45) is 3.07. The fourth-order valence-electron chi connectivity index (χ4n) is 5.43. The van der Waals surface area contributed by atoms with Crippen LogP contribution >= 0.6 is 23.2 Å². The zero-order valence-electron chi connectivity index (χ0n) is 24.0. The average Bonchev–Trinajstić information content (AvgIpc) is 3.79. The molecule has 0 aromatic heterocycles. The van der Waals surface area contributed by atoms with Crippen molar-refractivity contribution in [3.05, 3.63) is 86.9 Å². The lowest BCUT2D eigenvalue weighted by molar-refractivity contribution is -0.137. The van der Waals surface area contributed by atoms with Crippen molar-refractivity contribution in [3.63, 3.8) is 0 Å². The normalized spacial score (nSPS) is 18.6. The van der Waals surface area contributed by atoms with E-state index in [-0.39, 0.29) is 17.9 Å². The SMILES string of the molecule is Cc1cc(Cl)c(OCCOc2ccc(N[C@H]3CCNCC3C(=O)N(Cc3cccc(C)c3C)C3CC3)cc2)c(Cl)c1. The minimum Gasteiger partial charge on any atom is -0.490 e.